The van der Waals surface area contributed by atoms with E-state index in [1.54, 1.807) is 0 Å². The predicted molar refractivity (Wildman–Crippen MR) is 80.7 cm³/mol. The summed E-state index contributed by atoms with van der Waals surface area (Å²) in [5.41, 5.74) is 4.01. The van der Waals surface area contributed by atoms with Crippen LogP contribution in [0.5, 0.6) is 0 Å². The third kappa shape index (κ3) is 3.83. The zero-order valence-electron chi connectivity index (χ0n) is 12.4. The Labute approximate surface area is 121 Å². The molecule has 1 aliphatic carbocycles. The van der Waals surface area contributed by atoms with Crippen molar-refractivity contribution in [2.45, 2.75) is 45.4 Å². The topological polar surface area (TPSA) is 40.5 Å². The standard InChI is InChI=1S/C17H25NO2/c1-2-18(10-5-11-19)17(20)13-14-8-9-15-6-3-4-7-16(15)12-14/h8-9,12,19H,2-7,10-11,13H2,1H3. The van der Waals surface area contributed by atoms with Gasteiger partial charge in [-0.2, -0.15) is 0 Å². The second kappa shape index (κ2) is 7.44. The van der Waals surface area contributed by atoms with E-state index in [2.05, 4.69) is 18.2 Å². The van der Waals surface area contributed by atoms with Gasteiger partial charge in [-0.3, -0.25) is 4.79 Å². The highest BCUT2D eigenvalue weighted by Crippen LogP contribution is 2.22. The summed E-state index contributed by atoms with van der Waals surface area (Å²) in [6, 6.07) is 6.51. The number of hydrogen-bond acceptors (Lipinski definition) is 2. The highest BCUT2D eigenvalue weighted by molar-refractivity contribution is 5.78. The number of aliphatic hydroxyl groups is 1. The Morgan fingerprint density at radius 2 is 2.00 bits per heavy atom. The molecule has 1 aliphatic rings. The van der Waals surface area contributed by atoms with Crippen LogP contribution in [0.4, 0.5) is 0 Å². The van der Waals surface area contributed by atoms with Gasteiger partial charge in [0.1, 0.15) is 0 Å². The van der Waals surface area contributed by atoms with Crippen LogP contribution in [0.1, 0.15) is 42.9 Å². The predicted octanol–water partition coefficient (Wildman–Crippen LogP) is 2.34. The summed E-state index contributed by atoms with van der Waals surface area (Å²) in [5.74, 6) is 0.164. The Hall–Kier alpha value is -1.35. The summed E-state index contributed by atoms with van der Waals surface area (Å²) >= 11 is 0. The van der Waals surface area contributed by atoms with Crippen molar-refractivity contribution in [3.05, 3.63) is 34.9 Å². The van der Waals surface area contributed by atoms with Gasteiger partial charge in [0.05, 0.1) is 6.42 Å². The first-order valence-electron chi connectivity index (χ1n) is 7.74. The van der Waals surface area contributed by atoms with E-state index in [1.807, 2.05) is 11.8 Å². The summed E-state index contributed by atoms with van der Waals surface area (Å²) in [6.07, 6.45) is 6.02. The Morgan fingerprint density at radius 3 is 2.70 bits per heavy atom. The number of likely N-dealkylation sites (N-methyl/N-ethyl adjacent to an activating group) is 1. The fourth-order valence-corrected chi connectivity index (χ4v) is 2.90. The second-order valence-electron chi connectivity index (χ2n) is 5.54. The van der Waals surface area contributed by atoms with Crippen LogP contribution in [-0.2, 0) is 24.1 Å². The summed E-state index contributed by atoms with van der Waals surface area (Å²) in [6.45, 7) is 3.49. The molecular weight excluding hydrogens is 250 g/mol. The van der Waals surface area contributed by atoms with Crippen molar-refractivity contribution in [3.8, 4) is 0 Å². The molecule has 0 heterocycles. The minimum atomic E-state index is 0.141. The molecular formula is C17H25NO2. The smallest absolute Gasteiger partial charge is 0.226 e. The molecule has 0 saturated heterocycles. The van der Waals surface area contributed by atoms with Gasteiger partial charge in [-0.15, -0.1) is 0 Å². The summed E-state index contributed by atoms with van der Waals surface area (Å²) < 4.78 is 0. The van der Waals surface area contributed by atoms with Gasteiger partial charge in [0.15, 0.2) is 0 Å². The van der Waals surface area contributed by atoms with Crippen LogP contribution >= 0.6 is 0 Å². The van der Waals surface area contributed by atoms with Crippen LogP contribution in [0, 0.1) is 0 Å². The van der Waals surface area contributed by atoms with E-state index in [4.69, 9.17) is 5.11 Å². The van der Waals surface area contributed by atoms with Crippen LogP contribution in [0.2, 0.25) is 0 Å². The number of aryl methyl sites for hydroxylation is 2. The number of hydrogen-bond donors (Lipinski definition) is 1. The molecule has 3 heteroatoms. The first-order valence-corrected chi connectivity index (χ1v) is 7.74. The number of carbonyl (C=O) groups excluding carboxylic acids is 1. The van der Waals surface area contributed by atoms with Crippen molar-refractivity contribution in [2.75, 3.05) is 19.7 Å². The summed E-state index contributed by atoms with van der Waals surface area (Å²) in [5, 5.41) is 8.88. The first-order chi connectivity index (χ1) is 9.74. The molecule has 1 amide bonds. The largest absolute Gasteiger partial charge is 0.396 e. The second-order valence-corrected chi connectivity index (χ2v) is 5.54. The van der Waals surface area contributed by atoms with Crippen LogP contribution in [0.15, 0.2) is 18.2 Å². The molecule has 1 aromatic rings. The van der Waals surface area contributed by atoms with E-state index in [0.717, 1.165) is 12.0 Å². The number of amides is 1. The lowest BCUT2D eigenvalue weighted by molar-refractivity contribution is -0.130. The van der Waals surface area contributed by atoms with Gasteiger partial charge in [0.25, 0.3) is 0 Å². The third-order valence-electron chi connectivity index (χ3n) is 4.09. The summed E-state index contributed by atoms with van der Waals surface area (Å²) in [4.78, 5) is 14.1. The quantitative estimate of drug-likeness (QED) is 0.865. The van der Waals surface area contributed by atoms with E-state index < -0.39 is 0 Å². The third-order valence-corrected chi connectivity index (χ3v) is 4.09. The first kappa shape index (κ1) is 15.0. The average Bonchev–Trinajstić information content (AvgIpc) is 2.48. The lowest BCUT2D eigenvalue weighted by atomic mass is 9.90. The number of fused-ring (bicyclic) bond motifs is 1. The molecule has 2 rings (SSSR count). The summed E-state index contributed by atoms with van der Waals surface area (Å²) in [7, 11) is 0. The van der Waals surface area contributed by atoms with E-state index in [-0.39, 0.29) is 12.5 Å². The van der Waals surface area contributed by atoms with Crippen molar-refractivity contribution in [3.63, 3.8) is 0 Å². The van der Waals surface area contributed by atoms with Crippen LogP contribution in [-0.4, -0.2) is 35.6 Å². The van der Waals surface area contributed by atoms with Crippen molar-refractivity contribution < 1.29 is 9.90 Å². The maximum Gasteiger partial charge on any atom is 0.226 e. The number of benzene rings is 1. The molecule has 0 spiro atoms. The van der Waals surface area contributed by atoms with E-state index in [9.17, 15) is 4.79 Å². The van der Waals surface area contributed by atoms with Crippen molar-refractivity contribution >= 4 is 5.91 Å². The molecule has 0 aromatic heterocycles. The Bertz CT molecular complexity index is 456. The number of nitrogens with zero attached hydrogens (tertiary/aromatic N) is 1. The van der Waals surface area contributed by atoms with Gasteiger partial charge in [-0.05, 0) is 55.7 Å². The van der Waals surface area contributed by atoms with Gasteiger partial charge < -0.3 is 10.0 Å². The van der Waals surface area contributed by atoms with Gasteiger partial charge in [-0.25, -0.2) is 0 Å². The Balaban J connectivity index is 1.99. The highest BCUT2D eigenvalue weighted by atomic mass is 16.3. The van der Waals surface area contributed by atoms with Gasteiger partial charge in [-0.1, -0.05) is 18.2 Å². The van der Waals surface area contributed by atoms with E-state index >= 15 is 0 Å². The average molecular weight is 275 g/mol. The Kier molecular flexibility index (Phi) is 5.60. The minimum absolute atomic E-state index is 0.141. The SMILES string of the molecule is CCN(CCCO)C(=O)Cc1ccc2c(c1)CCCC2. The van der Waals surface area contributed by atoms with Gasteiger partial charge in [0, 0.05) is 19.7 Å². The molecule has 0 aliphatic heterocycles. The normalized spacial score (nSPS) is 13.9. The van der Waals surface area contributed by atoms with Crippen molar-refractivity contribution in [2.24, 2.45) is 0 Å². The Morgan fingerprint density at radius 1 is 1.25 bits per heavy atom. The molecule has 110 valence electrons. The highest BCUT2D eigenvalue weighted by Gasteiger charge is 2.14. The fraction of sp³-hybridized carbons (Fsp3) is 0.588. The minimum Gasteiger partial charge on any atom is -0.396 e. The van der Waals surface area contributed by atoms with Gasteiger partial charge >= 0.3 is 0 Å². The van der Waals surface area contributed by atoms with Crippen molar-refractivity contribution in [1.29, 1.82) is 0 Å². The maximum absolute atomic E-state index is 12.3. The number of carbonyl (C=O) groups is 1. The lowest BCUT2D eigenvalue weighted by Gasteiger charge is -2.21. The zero-order valence-corrected chi connectivity index (χ0v) is 12.4. The van der Waals surface area contributed by atoms with Crippen LogP contribution in [0.25, 0.3) is 0 Å². The molecule has 0 saturated carbocycles. The molecule has 20 heavy (non-hydrogen) atoms. The number of rotatable bonds is 6. The van der Waals surface area contributed by atoms with Crippen LogP contribution < -0.4 is 0 Å². The van der Waals surface area contributed by atoms with E-state index in [0.29, 0.717) is 25.9 Å². The molecule has 0 atom stereocenters. The van der Waals surface area contributed by atoms with Gasteiger partial charge in [0.2, 0.25) is 5.91 Å². The molecule has 1 aromatic carbocycles. The molecule has 0 radical (unpaired) electrons. The lowest BCUT2D eigenvalue weighted by Crippen LogP contribution is -2.33. The molecule has 0 fully saturated rings. The van der Waals surface area contributed by atoms with Crippen LogP contribution in [0.3, 0.4) is 0 Å². The molecule has 0 bridgehead atoms. The zero-order chi connectivity index (χ0) is 14.4. The van der Waals surface area contributed by atoms with Crippen molar-refractivity contribution in [1.82, 2.24) is 4.90 Å². The number of aliphatic hydroxyl groups excluding tert-OH is 1. The van der Waals surface area contributed by atoms with E-state index in [1.165, 1.54) is 30.4 Å². The molecule has 0 unspecified atom stereocenters. The molecule has 3 nitrogen and oxygen atoms in total. The monoisotopic (exact) mass is 275 g/mol. The molecule has 1 N–H and O–H groups in total. The maximum atomic E-state index is 12.3. The fourth-order valence-electron chi connectivity index (χ4n) is 2.90.